The molecule has 27 heavy (non-hydrogen) atoms. The predicted octanol–water partition coefficient (Wildman–Crippen LogP) is 2.44. The van der Waals surface area contributed by atoms with Gasteiger partial charge < -0.3 is 9.80 Å². The summed E-state index contributed by atoms with van der Waals surface area (Å²) >= 11 is 1.46. The average molecular weight is 381 g/mol. The van der Waals surface area contributed by atoms with Gasteiger partial charge in [-0.05, 0) is 42.1 Å². The van der Waals surface area contributed by atoms with Crippen LogP contribution in [0.25, 0.3) is 11.4 Å². The van der Waals surface area contributed by atoms with E-state index in [9.17, 15) is 9.59 Å². The first-order chi connectivity index (χ1) is 13.1. The zero-order valence-electron chi connectivity index (χ0n) is 14.9. The van der Waals surface area contributed by atoms with Crippen LogP contribution < -0.4 is 0 Å². The van der Waals surface area contributed by atoms with Crippen molar-refractivity contribution < 1.29 is 9.59 Å². The van der Waals surface area contributed by atoms with E-state index in [1.54, 1.807) is 17.2 Å². The molecule has 1 N–H and O–H groups in total. The summed E-state index contributed by atoms with van der Waals surface area (Å²) < 4.78 is 0. The predicted molar refractivity (Wildman–Crippen MR) is 103 cm³/mol. The number of piperazine rings is 1. The van der Waals surface area contributed by atoms with Crippen LogP contribution in [0.5, 0.6) is 0 Å². The van der Waals surface area contributed by atoms with Gasteiger partial charge in [-0.25, -0.2) is 0 Å². The third-order valence-electron chi connectivity index (χ3n) is 4.65. The number of hydrogen-bond donors (Lipinski definition) is 1. The van der Waals surface area contributed by atoms with Gasteiger partial charge in [-0.15, -0.1) is 11.3 Å². The van der Waals surface area contributed by atoms with Gasteiger partial charge in [0, 0.05) is 32.4 Å². The molecule has 0 bridgehead atoms. The van der Waals surface area contributed by atoms with Gasteiger partial charge in [0.25, 0.3) is 11.8 Å². The Bertz CT molecular complexity index is 957. The molecular weight excluding hydrogens is 362 g/mol. The molecule has 1 aliphatic rings. The molecule has 138 valence electrons. The first-order valence-corrected chi connectivity index (χ1v) is 9.61. The highest BCUT2D eigenvalue weighted by atomic mass is 32.1. The Morgan fingerprint density at radius 2 is 1.78 bits per heavy atom. The topological polar surface area (TPSA) is 82.2 Å². The standard InChI is InChI=1S/C19H19N5O2S/c1-13-5-11-27-17(13)19(26)24-9-7-23(8-10-24)18(25)16-12-15(21-22-16)14-4-2-3-6-20-14/h2-6,11-12H,7-10H2,1H3,(H,21,22). The molecule has 4 heterocycles. The molecule has 3 aromatic rings. The second-order valence-electron chi connectivity index (χ2n) is 6.40. The van der Waals surface area contributed by atoms with E-state index in [4.69, 9.17) is 0 Å². The molecule has 0 spiro atoms. The third kappa shape index (κ3) is 3.48. The highest BCUT2D eigenvalue weighted by molar-refractivity contribution is 7.12. The summed E-state index contributed by atoms with van der Waals surface area (Å²) in [7, 11) is 0. The number of aryl methyl sites for hydroxylation is 1. The quantitative estimate of drug-likeness (QED) is 0.755. The Balaban J connectivity index is 1.40. The van der Waals surface area contributed by atoms with Crippen molar-refractivity contribution in [1.29, 1.82) is 0 Å². The van der Waals surface area contributed by atoms with Crippen molar-refractivity contribution in [2.75, 3.05) is 26.2 Å². The minimum Gasteiger partial charge on any atom is -0.334 e. The molecule has 7 nitrogen and oxygen atoms in total. The number of aromatic amines is 1. The summed E-state index contributed by atoms with van der Waals surface area (Å²) in [4.78, 5) is 33.9. The summed E-state index contributed by atoms with van der Waals surface area (Å²) in [5.41, 5.74) is 2.79. The van der Waals surface area contributed by atoms with Gasteiger partial charge in [0.2, 0.25) is 0 Å². The summed E-state index contributed by atoms with van der Waals surface area (Å²) in [6, 6.07) is 9.23. The normalized spacial score (nSPS) is 14.4. The number of pyridine rings is 1. The molecule has 0 atom stereocenters. The summed E-state index contributed by atoms with van der Waals surface area (Å²) in [6.45, 7) is 4.02. The van der Waals surface area contributed by atoms with Crippen LogP contribution in [-0.2, 0) is 0 Å². The number of rotatable bonds is 3. The van der Waals surface area contributed by atoms with Crippen LogP contribution in [0, 0.1) is 6.92 Å². The van der Waals surface area contributed by atoms with E-state index in [0.29, 0.717) is 37.6 Å². The average Bonchev–Trinajstić information content (AvgIpc) is 3.37. The summed E-state index contributed by atoms with van der Waals surface area (Å²) in [5.74, 6) is -0.0577. The van der Waals surface area contributed by atoms with E-state index in [1.807, 2.05) is 41.5 Å². The number of aromatic nitrogens is 3. The Labute approximate surface area is 160 Å². The fourth-order valence-corrected chi connectivity index (χ4v) is 3.99. The van der Waals surface area contributed by atoms with E-state index in [-0.39, 0.29) is 11.8 Å². The fourth-order valence-electron chi connectivity index (χ4n) is 3.10. The zero-order chi connectivity index (χ0) is 18.8. The fraction of sp³-hybridized carbons (Fsp3) is 0.263. The van der Waals surface area contributed by atoms with Crippen molar-refractivity contribution in [1.82, 2.24) is 25.0 Å². The van der Waals surface area contributed by atoms with Gasteiger partial charge >= 0.3 is 0 Å². The Morgan fingerprint density at radius 3 is 2.41 bits per heavy atom. The minimum atomic E-state index is -0.107. The maximum Gasteiger partial charge on any atom is 0.272 e. The van der Waals surface area contributed by atoms with E-state index in [2.05, 4.69) is 15.2 Å². The number of thiophene rings is 1. The van der Waals surface area contributed by atoms with Gasteiger partial charge in [-0.3, -0.25) is 19.7 Å². The van der Waals surface area contributed by atoms with Crippen LogP contribution in [0.4, 0.5) is 0 Å². The molecule has 0 aliphatic carbocycles. The maximum absolute atomic E-state index is 12.7. The number of carbonyl (C=O) groups is 2. The Morgan fingerprint density at radius 1 is 1.04 bits per heavy atom. The Hall–Kier alpha value is -3.00. The van der Waals surface area contributed by atoms with Gasteiger partial charge in [-0.2, -0.15) is 5.10 Å². The van der Waals surface area contributed by atoms with Crippen molar-refractivity contribution in [3.8, 4) is 11.4 Å². The van der Waals surface area contributed by atoms with Gasteiger partial charge in [0.15, 0.2) is 0 Å². The molecule has 0 unspecified atom stereocenters. The maximum atomic E-state index is 12.7. The smallest absolute Gasteiger partial charge is 0.272 e. The molecule has 1 saturated heterocycles. The molecule has 2 amide bonds. The molecule has 3 aromatic heterocycles. The summed E-state index contributed by atoms with van der Waals surface area (Å²) in [5, 5.41) is 8.93. The highest BCUT2D eigenvalue weighted by Gasteiger charge is 2.27. The number of H-pyrrole nitrogens is 1. The van der Waals surface area contributed by atoms with Gasteiger partial charge in [-0.1, -0.05) is 6.07 Å². The lowest BCUT2D eigenvalue weighted by molar-refractivity contribution is 0.0534. The van der Waals surface area contributed by atoms with Crippen molar-refractivity contribution in [3.63, 3.8) is 0 Å². The minimum absolute atomic E-state index is 0.0496. The first kappa shape index (κ1) is 17.4. The first-order valence-electron chi connectivity index (χ1n) is 8.73. The number of nitrogens with zero attached hydrogens (tertiary/aromatic N) is 4. The number of nitrogens with one attached hydrogen (secondary N) is 1. The molecule has 0 aromatic carbocycles. The highest BCUT2D eigenvalue weighted by Crippen LogP contribution is 2.20. The zero-order valence-corrected chi connectivity index (χ0v) is 15.7. The van der Waals surface area contributed by atoms with Crippen LogP contribution in [0.1, 0.15) is 25.7 Å². The van der Waals surface area contributed by atoms with Crippen molar-refractivity contribution in [2.45, 2.75) is 6.92 Å². The SMILES string of the molecule is Cc1ccsc1C(=O)N1CCN(C(=O)c2cc(-c3ccccn3)n[nH]2)CC1. The van der Waals surface area contributed by atoms with Crippen LogP contribution in [0.2, 0.25) is 0 Å². The summed E-state index contributed by atoms with van der Waals surface area (Å²) in [6.07, 6.45) is 1.69. The van der Waals surface area contributed by atoms with E-state index < -0.39 is 0 Å². The number of carbonyl (C=O) groups excluding carboxylic acids is 2. The number of hydrogen-bond acceptors (Lipinski definition) is 5. The van der Waals surface area contributed by atoms with E-state index >= 15 is 0 Å². The lowest BCUT2D eigenvalue weighted by atomic mass is 10.2. The Kier molecular flexibility index (Phi) is 4.72. The lowest BCUT2D eigenvalue weighted by Crippen LogP contribution is -2.50. The molecule has 0 saturated carbocycles. The molecule has 4 rings (SSSR count). The van der Waals surface area contributed by atoms with Crippen LogP contribution in [0.3, 0.4) is 0 Å². The second-order valence-corrected chi connectivity index (χ2v) is 7.32. The largest absolute Gasteiger partial charge is 0.334 e. The lowest BCUT2D eigenvalue weighted by Gasteiger charge is -2.34. The van der Waals surface area contributed by atoms with Crippen LogP contribution >= 0.6 is 11.3 Å². The van der Waals surface area contributed by atoms with Gasteiger partial charge in [0.05, 0.1) is 10.6 Å². The van der Waals surface area contributed by atoms with E-state index in [1.165, 1.54) is 11.3 Å². The van der Waals surface area contributed by atoms with Crippen molar-refractivity contribution >= 4 is 23.2 Å². The van der Waals surface area contributed by atoms with Crippen molar-refractivity contribution in [2.24, 2.45) is 0 Å². The molecule has 1 aliphatic heterocycles. The monoisotopic (exact) mass is 381 g/mol. The number of amides is 2. The van der Waals surface area contributed by atoms with Gasteiger partial charge in [0.1, 0.15) is 11.4 Å². The van der Waals surface area contributed by atoms with Crippen LogP contribution in [0.15, 0.2) is 41.9 Å². The van der Waals surface area contributed by atoms with Crippen molar-refractivity contribution in [3.05, 3.63) is 58.0 Å². The molecule has 1 fully saturated rings. The van der Waals surface area contributed by atoms with Crippen LogP contribution in [-0.4, -0.2) is 63.0 Å². The molecule has 0 radical (unpaired) electrons. The molecular formula is C19H19N5O2S. The molecule has 8 heteroatoms. The van der Waals surface area contributed by atoms with E-state index in [0.717, 1.165) is 16.1 Å². The second kappa shape index (κ2) is 7.32. The third-order valence-corrected chi connectivity index (χ3v) is 5.65.